The monoisotopic (exact) mass is 376 g/mol. The summed E-state index contributed by atoms with van der Waals surface area (Å²) in [6.07, 6.45) is 4.80. The van der Waals surface area contributed by atoms with E-state index in [0.29, 0.717) is 17.9 Å². The van der Waals surface area contributed by atoms with Gasteiger partial charge in [-0.3, -0.25) is 14.5 Å². The van der Waals surface area contributed by atoms with E-state index in [4.69, 9.17) is 16.3 Å². The van der Waals surface area contributed by atoms with Gasteiger partial charge in [0.15, 0.2) is 0 Å². The number of halogens is 1. The van der Waals surface area contributed by atoms with E-state index in [9.17, 15) is 14.4 Å². The molecule has 1 aromatic carbocycles. The Morgan fingerprint density at radius 1 is 1.15 bits per heavy atom. The van der Waals surface area contributed by atoms with Gasteiger partial charge in [0.25, 0.3) is 11.8 Å². The smallest absolute Gasteiger partial charge is 0.338 e. The number of carbonyl (C=O) groups is 3. The van der Waals surface area contributed by atoms with Crippen LogP contribution in [0.4, 0.5) is 5.69 Å². The largest absolute Gasteiger partial charge is 0.462 e. The lowest BCUT2D eigenvalue weighted by Gasteiger charge is -2.29. The third-order valence-electron chi connectivity index (χ3n) is 4.66. The first-order valence-corrected chi connectivity index (χ1v) is 9.22. The molecule has 1 heterocycles. The number of anilines is 1. The van der Waals surface area contributed by atoms with Crippen LogP contribution in [0, 0.1) is 0 Å². The van der Waals surface area contributed by atoms with E-state index >= 15 is 0 Å². The molecular weight excluding hydrogens is 356 g/mol. The second-order valence-electron chi connectivity index (χ2n) is 6.38. The molecule has 1 aliphatic heterocycles. The zero-order valence-electron chi connectivity index (χ0n) is 14.6. The molecule has 0 unspecified atom stereocenters. The fourth-order valence-electron chi connectivity index (χ4n) is 3.35. The highest BCUT2D eigenvalue weighted by molar-refractivity contribution is 6.48. The van der Waals surface area contributed by atoms with Crippen molar-refractivity contribution in [3.05, 3.63) is 40.6 Å². The quantitative estimate of drug-likeness (QED) is 0.629. The van der Waals surface area contributed by atoms with E-state index in [0.717, 1.165) is 32.1 Å². The summed E-state index contributed by atoms with van der Waals surface area (Å²) in [4.78, 5) is 38.1. The van der Waals surface area contributed by atoms with Crippen LogP contribution in [0.3, 0.4) is 0 Å². The molecule has 0 spiro atoms. The molecule has 138 valence electrons. The highest BCUT2D eigenvalue weighted by Gasteiger charge is 2.42. The summed E-state index contributed by atoms with van der Waals surface area (Å²) in [6, 6.07) is 6.39. The number of nitrogens with one attached hydrogen (secondary N) is 1. The topological polar surface area (TPSA) is 75.7 Å². The summed E-state index contributed by atoms with van der Waals surface area (Å²) in [5.74, 6) is -1.23. The lowest BCUT2D eigenvalue weighted by atomic mass is 9.94. The first kappa shape index (κ1) is 18.5. The van der Waals surface area contributed by atoms with Crippen LogP contribution >= 0.6 is 11.6 Å². The molecule has 0 saturated heterocycles. The Labute approximate surface area is 157 Å². The van der Waals surface area contributed by atoms with Crippen LogP contribution in [0.25, 0.3) is 0 Å². The Kier molecular flexibility index (Phi) is 5.61. The molecule has 0 bridgehead atoms. The van der Waals surface area contributed by atoms with Crippen LogP contribution in [0.15, 0.2) is 35.0 Å². The van der Waals surface area contributed by atoms with Gasteiger partial charge in [0.1, 0.15) is 10.7 Å². The van der Waals surface area contributed by atoms with Gasteiger partial charge in [-0.25, -0.2) is 4.79 Å². The summed E-state index contributed by atoms with van der Waals surface area (Å²) >= 11 is 6.14. The summed E-state index contributed by atoms with van der Waals surface area (Å²) < 4.78 is 4.94. The average molecular weight is 377 g/mol. The molecule has 2 amide bonds. The zero-order valence-corrected chi connectivity index (χ0v) is 15.3. The number of rotatable bonds is 5. The van der Waals surface area contributed by atoms with Crippen molar-refractivity contribution >= 4 is 35.1 Å². The minimum Gasteiger partial charge on any atom is -0.462 e. The predicted octanol–water partition coefficient (Wildman–Crippen LogP) is 3.43. The maximum absolute atomic E-state index is 12.7. The number of benzene rings is 1. The molecule has 26 heavy (non-hydrogen) atoms. The van der Waals surface area contributed by atoms with Crippen molar-refractivity contribution in [1.29, 1.82) is 0 Å². The number of esters is 1. The molecule has 7 heteroatoms. The molecular formula is C19H21ClN2O4. The second kappa shape index (κ2) is 7.91. The average Bonchev–Trinajstić information content (AvgIpc) is 2.86. The summed E-state index contributed by atoms with van der Waals surface area (Å²) in [7, 11) is 0. The van der Waals surface area contributed by atoms with E-state index in [1.54, 1.807) is 31.2 Å². The molecule has 1 saturated carbocycles. The van der Waals surface area contributed by atoms with Crippen molar-refractivity contribution < 1.29 is 19.1 Å². The molecule has 1 fully saturated rings. The fraction of sp³-hybridized carbons (Fsp3) is 0.421. The molecule has 1 aliphatic carbocycles. The minimum atomic E-state index is -0.436. The zero-order chi connectivity index (χ0) is 18.7. The van der Waals surface area contributed by atoms with Crippen LogP contribution in [0.2, 0.25) is 0 Å². The molecule has 0 atom stereocenters. The number of carbonyl (C=O) groups excluding carboxylic acids is 3. The van der Waals surface area contributed by atoms with E-state index in [-0.39, 0.29) is 22.7 Å². The van der Waals surface area contributed by atoms with Crippen LogP contribution < -0.4 is 5.32 Å². The van der Waals surface area contributed by atoms with E-state index in [1.807, 2.05) is 0 Å². The van der Waals surface area contributed by atoms with Crippen molar-refractivity contribution in [3.63, 3.8) is 0 Å². The Morgan fingerprint density at radius 2 is 1.81 bits per heavy atom. The number of nitrogens with zero attached hydrogens (tertiary/aromatic N) is 1. The Hall–Kier alpha value is -2.34. The predicted molar refractivity (Wildman–Crippen MR) is 97.6 cm³/mol. The molecule has 0 aromatic heterocycles. The maximum atomic E-state index is 12.7. The molecule has 1 N–H and O–H groups in total. The number of ether oxygens (including phenoxy) is 1. The van der Waals surface area contributed by atoms with Gasteiger partial charge in [0, 0.05) is 11.7 Å². The van der Waals surface area contributed by atoms with Crippen molar-refractivity contribution in [2.75, 3.05) is 11.9 Å². The van der Waals surface area contributed by atoms with E-state index in [1.165, 1.54) is 4.90 Å². The number of imide groups is 1. The number of hydrogen-bond acceptors (Lipinski definition) is 5. The number of hydrogen-bond donors (Lipinski definition) is 1. The van der Waals surface area contributed by atoms with Crippen LogP contribution in [-0.2, 0) is 14.3 Å². The van der Waals surface area contributed by atoms with Gasteiger partial charge >= 0.3 is 5.97 Å². The van der Waals surface area contributed by atoms with Gasteiger partial charge in [0.2, 0.25) is 0 Å². The molecule has 0 radical (unpaired) electrons. The summed E-state index contributed by atoms with van der Waals surface area (Å²) in [6.45, 7) is 2.04. The van der Waals surface area contributed by atoms with Crippen molar-refractivity contribution in [3.8, 4) is 0 Å². The minimum absolute atomic E-state index is 0.0806. The lowest BCUT2D eigenvalue weighted by Crippen LogP contribution is -2.42. The van der Waals surface area contributed by atoms with Crippen molar-refractivity contribution in [2.24, 2.45) is 0 Å². The van der Waals surface area contributed by atoms with Crippen molar-refractivity contribution in [1.82, 2.24) is 4.90 Å². The Balaban J connectivity index is 1.73. The maximum Gasteiger partial charge on any atom is 0.338 e. The summed E-state index contributed by atoms with van der Waals surface area (Å²) in [5.41, 5.74) is 1.07. The molecule has 1 aromatic rings. The first-order valence-electron chi connectivity index (χ1n) is 8.84. The van der Waals surface area contributed by atoms with Crippen molar-refractivity contribution in [2.45, 2.75) is 45.1 Å². The van der Waals surface area contributed by atoms with Gasteiger partial charge < -0.3 is 10.1 Å². The first-order chi connectivity index (χ1) is 12.5. The Morgan fingerprint density at radius 3 is 2.42 bits per heavy atom. The highest BCUT2D eigenvalue weighted by atomic mass is 35.5. The SMILES string of the molecule is CCOC(=O)c1ccc(NC2=C(Cl)C(=O)N(C3CCCCC3)C2=O)cc1. The molecule has 6 nitrogen and oxygen atoms in total. The van der Waals surface area contributed by atoms with Gasteiger partial charge in [-0.2, -0.15) is 0 Å². The van der Waals surface area contributed by atoms with Crippen LogP contribution in [0.5, 0.6) is 0 Å². The standard InChI is InChI=1S/C19H21ClN2O4/c1-2-26-19(25)12-8-10-13(11-9-12)21-16-15(20)17(23)22(18(16)24)14-6-4-3-5-7-14/h8-11,14,21H,2-7H2,1H3. The van der Waals surface area contributed by atoms with Crippen LogP contribution in [-0.4, -0.2) is 35.3 Å². The highest BCUT2D eigenvalue weighted by Crippen LogP contribution is 2.32. The molecule has 2 aliphatic rings. The van der Waals surface area contributed by atoms with E-state index < -0.39 is 11.9 Å². The van der Waals surface area contributed by atoms with Gasteiger partial charge in [0.05, 0.1) is 12.2 Å². The Bertz CT molecular complexity index is 751. The lowest BCUT2D eigenvalue weighted by molar-refractivity contribution is -0.140. The van der Waals surface area contributed by atoms with Gasteiger partial charge in [-0.1, -0.05) is 30.9 Å². The van der Waals surface area contributed by atoms with Crippen LogP contribution in [0.1, 0.15) is 49.4 Å². The normalized spacial score (nSPS) is 18.5. The molecule has 3 rings (SSSR count). The second-order valence-corrected chi connectivity index (χ2v) is 6.76. The third kappa shape index (κ3) is 3.60. The number of amides is 2. The third-order valence-corrected chi connectivity index (χ3v) is 5.01. The van der Waals surface area contributed by atoms with E-state index in [2.05, 4.69) is 5.32 Å². The van der Waals surface area contributed by atoms with Gasteiger partial charge in [-0.15, -0.1) is 0 Å². The summed E-state index contributed by atoms with van der Waals surface area (Å²) in [5, 5.41) is 2.83. The fourth-order valence-corrected chi connectivity index (χ4v) is 3.57. The van der Waals surface area contributed by atoms with Gasteiger partial charge in [-0.05, 0) is 44.0 Å².